The molecule has 0 aliphatic rings. The van der Waals surface area contributed by atoms with Crippen LogP contribution in [0.5, 0.6) is 0 Å². The number of amides is 1. The molecule has 1 amide bonds. The van der Waals surface area contributed by atoms with Gasteiger partial charge in [-0.25, -0.2) is 0 Å². The molecule has 0 saturated heterocycles. The first-order chi connectivity index (χ1) is 9.74. The molecular formula is C16H20ClNOS. The van der Waals surface area contributed by atoms with Gasteiger partial charge in [-0.1, -0.05) is 62.4 Å². The molecular weight excluding hydrogens is 290 g/mol. The highest BCUT2D eigenvalue weighted by Gasteiger charge is 2.16. The number of rotatable bonds is 7. The average molecular weight is 310 g/mol. The van der Waals surface area contributed by atoms with Crippen molar-refractivity contribution in [3.05, 3.63) is 34.2 Å². The Kier molecular flexibility index (Phi) is 5.86. The van der Waals surface area contributed by atoms with E-state index in [9.17, 15) is 4.79 Å². The topological polar surface area (TPSA) is 29.1 Å². The Bertz CT molecular complexity index is 579. The summed E-state index contributed by atoms with van der Waals surface area (Å²) in [4.78, 5) is 12.8. The molecule has 2 rings (SSSR count). The van der Waals surface area contributed by atoms with E-state index in [0.29, 0.717) is 9.90 Å². The normalized spacial score (nSPS) is 10.9. The second-order valence-electron chi connectivity index (χ2n) is 4.91. The summed E-state index contributed by atoms with van der Waals surface area (Å²) in [5.74, 6) is -0.0494. The lowest BCUT2D eigenvalue weighted by Crippen LogP contribution is -2.23. The van der Waals surface area contributed by atoms with Gasteiger partial charge in [-0.15, -0.1) is 11.3 Å². The van der Waals surface area contributed by atoms with Gasteiger partial charge in [-0.05, 0) is 12.5 Å². The molecule has 4 heteroatoms. The molecule has 0 saturated carbocycles. The van der Waals surface area contributed by atoms with Crippen molar-refractivity contribution in [3.8, 4) is 0 Å². The van der Waals surface area contributed by atoms with Crippen LogP contribution in [-0.4, -0.2) is 12.5 Å². The Morgan fingerprint density at radius 3 is 2.70 bits per heavy atom. The largest absolute Gasteiger partial charge is 0.351 e. The first-order valence-corrected chi connectivity index (χ1v) is 8.38. The number of carbonyl (C=O) groups is 1. The fourth-order valence-electron chi connectivity index (χ4n) is 2.17. The minimum Gasteiger partial charge on any atom is -0.351 e. The van der Waals surface area contributed by atoms with Crippen molar-refractivity contribution in [1.29, 1.82) is 0 Å². The highest BCUT2D eigenvalue weighted by Crippen LogP contribution is 2.34. The van der Waals surface area contributed by atoms with Crippen molar-refractivity contribution in [2.24, 2.45) is 0 Å². The molecule has 2 nitrogen and oxygen atoms in total. The number of hydrogen-bond acceptors (Lipinski definition) is 2. The third kappa shape index (κ3) is 3.74. The summed E-state index contributed by atoms with van der Waals surface area (Å²) in [6.07, 6.45) is 5.97. The van der Waals surface area contributed by atoms with Gasteiger partial charge in [0.05, 0.1) is 5.02 Å². The van der Waals surface area contributed by atoms with Gasteiger partial charge in [0.1, 0.15) is 4.88 Å². The van der Waals surface area contributed by atoms with E-state index in [2.05, 4.69) is 12.2 Å². The number of carbonyl (C=O) groups excluding carboxylic acids is 1. The van der Waals surface area contributed by atoms with Crippen molar-refractivity contribution in [2.45, 2.75) is 39.0 Å². The lowest BCUT2D eigenvalue weighted by molar-refractivity contribution is 0.0957. The highest BCUT2D eigenvalue weighted by atomic mass is 35.5. The van der Waals surface area contributed by atoms with Crippen LogP contribution in [-0.2, 0) is 0 Å². The molecule has 0 spiro atoms. The molecule has 0 bridgehead atoms. The van der Waals surface area contributed by atoms with Gasteiger partial charge in [0.2, 0.25) is 0 Å². The molecule has 1 aromatic heterocycles. The highest BCUT2D eigenvalue weighted by molar-refractivity contribution is 7.21. The van der Waals surface area contributed by atoms with Crippen LogP contribution in [0.2, 0.25) is 5.02 Å². The van der Waals surface area contributed by atoms with E-state index < -0.39 is 0 Å². The predicted octanol–water partition coefficient (Wildman–Crippen LogP) is 5.25. The van der Waals surface area contributed by atoms with E-state index >= 15 is 0 Å². The average Bonchev–Trinajstić information content (AvgIpc) is 2.80. The Labute approximate surface area is 129 Å². The van der Waals surface area contributed by atoms with Gasteiger partial charge < -0.3 is 5.32 Å². The zero-order chi connectivity index (χ0) is 14.4. The molecule has 1 aromatic carbocycles. The Morgan fingerprint density at radius 1 is 1.20 bits per heavy atom. The summed E-state index contributed by atoms with van der Waals surface area (Å²) in [7, 11) is 0. The number of nitrogens with one attached hydrogen (secondary N) is 1. The molecule has 2 aromatic rings. The van der Waals surface area contributed by atoms with Crippen LogP contribution >= 0.6 is 22.9 Å². The minimum absolute atomic E-state index is 0.0494. The minimum atomic E-state index is -0.0494. The number of unbranched alkanes of at least 4 members (excludes halogenated alkanes) is 4. The summed E-state index contributed by atoms with van der Waals surface area (Å²) >= 11 is 7.74. The molecule has 20 heavy (non-hydrogen) atoms. The third-order valence-corrected chi connectivity index (χ3v) is 4.98. The first kappa shape index (κ1) is 15.3. The van der Waals surface area contributed by atoms with Gasteiger partial charge >= 0.3 is 0 Å². The molecule has 0 aliphatic heterocycles. The van der Waals surface area contributed by atoms with Crippen LogP contribution in [0, 0.1) is 0 Å². The van der Waals surface area contributed by atoms with Gasteiger partial charge in [0.15, 0.2) is 0 Å². The van der Waals surface area contributed by atoms with Crippen LogP contribution in [0.1, 0.15) is 48.7 Å². The first-order valence-electron chi connectivity index (χ1n) is 7.19. The number of benzene rings is 1. The summed E-state index contributed by atoms with van der Waals surface area (Å²) in [5.41, 5.74) is 0. The maximum absolute atomic E-state index is 12.1. The Hall–Kier alpha value is -1.06. The van der Waals surface area contributed by atoms with E-state index in [1.54, 1.807) is 0 Å². The molecule has 1 heterocycles. The van der Waals surface area contributed by atoms with Crippen molar-refractivity contribution in [1.82, 2.24) is 5.32 Å². The number of thiophene rings is 1. The monoisotopic (exact) mass is 309 g/mol. The van der Waals surface area contributed by atoms with Crippen LogP contribution in [0.15, 0.2) is 24.3 Å². The van der Waals surface area contributed by atoms with Crippen LogP contribution in [0.4, 0.5) is 0 Å². The van der Waals surface area contributed by atoms with Crippen LogP contribution < -0.4 is 5.32 Å². The second-order valence-corrected chi connectivity index (χ2v) is 6.34. The van der Waals surface area contributed by atoms with E-state index in [1.165, 1.54) is 37.0 Å². The van der Waals surface area contributed by atoms with Crippen molar-refractivity contribution >= 4 is 38.9 Å². The van der Waals surface area contributed by atoms with Crippen molar-refractivity contribution in [3.63, 3.8) is 0 Å². The predicted molar refractivity (Wildman–Crippen MR) is 87.9 cm³/mol. The quantitative estimate of drug-likeness (QED) is 0.695. The Morgan fingerprint density at radius 2 is 1.95 bits per heavy atom. The van der Waals surface area contributed by atoms with Gasteiger partial charge in [-0.2, -0.15) is 0 Å². The summed E-state index contributed by atoms with van der Waals surface area (Å²) in [6.45, 7) is 2.93. The van der Waals surface area contributed by atoms with E-state index in [-0.39, 0.29) is 5.91 Å². The smallest absolute Gasteiger partial charge is 0.262 e. The maximum Gasteiger partial charge on any atom is 0.262 e. The standard InChI is InChI=1S/C16H20ClNOS/c1-2-3-4-5-8-11-18-16(19)15-14(17)12-9-6-7-10-13(12)20-15/h6-7,9-10H,2-5,8,11H2,1H3,(H,18,19). The van der Waals surface area contributed by atoms with Gasteiger partial charge in [0.25, 0.3) is 5.91 Å². The van der Waals surface area contributed by atoms with Gasteiger partial charge in [0, 0.05) is 16.6 Å². The summed E-state index contributed by atoms with van der Waals surface area (Å²) in [5, 5.41) is 4.51. The molecule has 1 N–H and O–H groups in total. The third-order valence-electron chi connectivity index (χ3n) is 3.31. The fourth-order valence-corrected chi connectivity index (χ4v) is 3.60. The van der Waals surface area contributed by atoms with E-state index in [4.69, 9.17) is 11.6 Å². The van der Waals surface area contributed by atoms with Crippen LogP contribution in [0.3, 0.4) is 0 Å². The van der Waals surface area contributed by atoms with E-state index in [1.807, 2.05) is 24.3 Å². The molecule has 0 atom stereocenters. The molecule has 0 aliphatic carbocycles. The number of halogens is 1. The van der Waals surface area contributed by atoms with Crippen molar-refractivity contribution in [2.75, 3.05) is 6.54 Å². The SMILES string of the molecule is CCCCCCCNC(=O)c1sc2ccccc2c1Cl. The number of hydrogen-bond donors (Lipinski definition) is 1. The Balaban J connectivity index is 1.89. The zero-order valence-electron chi connectivity index (χ0n) is 11.7. The molecule has 0 fully saturated rings. The lowest BCUT2D eigenvalue weighted by Gasteiger charge is -2.03. The maximum atomic E-state index is 12.1. The number of fused-ring (bicyclic) bond motifs is 1. The fraction of sp³-hybridized carbons (Fsp3) is 0.438. The lowest BCUT2D eigenvalue weighted by atomic mass is 10.1. The molecule has 108 valence electrons. The second kappa shape index (κ2) is 7.65. The van der Waals surface area contributed by atoms with Crippen molar-refractivity contribution < 1.29 is 4.79 Å². The van der Waals surface area contributed by atoms with E-state index in [0.717, 1.165) is 23.1 Å². The molecule has 0 radical (unpaired) electrons. The molecule has 0 unspecified atom stereocenters. The summed E-state index contributed by atoms with van der Waals surface area (Å²) in [6, 6.07) is 7.85. The van der Waals surface area contributed by atoms with Gasteiger partial charge in [-0.3, -0.25) is 4.79 Å². The summed E-state index contributed by atoms with van der Waals surface area (Å²) < 4.78 is 1.06. The zero-order valence-corrected chi connectivity index (χ0v) is 13.3. The van der Waals surface area contributed by atoms with Crippen LogP contribution in [0.25, 0.3) is 10.1 Å².